The van der Waals surface area contributed by atoms with Crippen LogP contribution in [-0.2, 0) is 0 Å². The fourth-order valence-electron chi connectivity index (χ4n) is 1.78. The molecule has 0 bridgehead atoms. The molecule has 0 atom stereocenters. The summed E-state index contributed by atoms with van der Waals surface area (Å²) < 4.78 is 6.18. The second-order valence-electron chi connectivity index (χ2n) is 4.53. The molecule has 0 unspecified atom stereocenters. The number of aromatic nitrogens is 1. The predicted octanol–water partition coefficient (Wildman–Crippen LogP) is 4.67. The van der Waals surface area contributed by atoms with Gasteiger partial charge in [-0.3, -0.25) is 10.1 Å². The lowest BCUT2D eigenvalue weighted by Crippen LogP contribution is -1.99. The van der Waals surface area contributed by atoms with E-state index in [2.05, 4.69) is 20.9 Å². The third-order valence-electron chi connectivity index (χ3n) is 2.74. The van der Waals surface area contributed by atoms with Crippen LogP contribution in [0.1, 0.15) is 25.3 Å². The lowest BCUT2D eigenvalue weighted by molar-refractivity contribution is -0.386. The Kier molecular flexibility index (Phi) is 4.34. The molecule has 20 heavy (non-hydrogen) atoms. The Hall–Kier alpha value is -1.95. The second-order valence-corrected chi connectivity index (χ2v) is 5.45. The molecule has 104 valence electrons. The maximum Gasteiger partial charge on any atom is 0.332 e. The lowest BCUT2D eigenvalue weighted by Gasteiger charge is -2.12. The fourth-order valence-corrected chi connectivity index (χ4v) is 2.10. The van der Waals surface area contributed by atoms with Gasteiger partial charge in [0, 0.05) is 16.7 Å². The molecule has 1 aromatic carbocycles. The average molecular weight is 337 g/mol. The molecule has 0 aliphatic heterocycles. The molecule has 1 aromatic heterocycles. The minimum Gasteiger partial charge on any atom is -0.433 e. The van der Waals surface area contributed by atoms with Crippen molar-refractivity contribution in [3.05, 3.63) is 56.7 Å². The molecular weight excluding hydrogens is 324 g/mol. The van der Waals surface area contributed by atoms with E-state index in [1.807, 2.05) is 32.0 Å². The number of para-hydroxylation sites is 1. The molecule has 1 heterocycles. The molecule has 0 fully saturated rings. The topological polar surface area (TPSA) is 65.3 Å². The van der Waals surface area contributed by atoms with Crippen molar-refractivity contribution in [1.82, 2.24) is 4.98 Å². The fraction of sp³-hybridized carbons (Fsp3) is 0.214. The first-order valence-electron chi connectivity index (χ1n) is 6.05. The van der Waals surface area contributed by atoms with Crippen LogP contribution in [0.3, 0.4) is 0 Å². The number of benzene rings is 1. The summed E-state index contributed by atoms with van der Waals surface area (Å²) in [6.45, 7) is 4.07. The summed E-state index contributed by atoms with van der Waals surface area (Å²) in [7, 11) is 0. The van der Waals surface area contributed by atoms with Gasteiger partial charge in [0.15, 0.2) is 0 Å². The van der Waals surface area contributed by atoms with Gasteiger partial charge in [-0.25, -0.2) is 4.98 Å². The lowest BCUT2D eigenvalue weighted by atomic mass is 10.0. The van der Waals surface area contributed by atoms with Gasteiger partial charge in [0.25, 0.3) is 5.88 Å². The number of nitrogens with zero attached hydrogens (tertiary/aromatic N) is 2. The predicted molar refractivity (Wildman–Crippen MR) is 79.2 cm³/mol. The zero-order valence-electron chi connectivity index (χ0n) is 11.0. The van der Waals surface area contributed by atoms with E-state index >= 15 is 0 Å². The smallest absolute Gasteiger partial charge is 0.332 e. The van der Waals surface area contributed by atoms with Gasteiger partial charge in [0.2, 0.25) is 0 Å². The van der Waals surface area contributed by atoms with Gasteiger partial charge < -0.3 is 4.74 Å². The Labute approximate surface area is 124 Å². The third-order valence-corrected chi connectivity index (χ3v) is 3.18. The van der Waals surface area contributed by atoms with Gasteiger partial charge in [0.05, 0.1) is 4.92 Å². The van der Waals surface area contributed by atoms with Crippen LogP contribution >= 0.6 is 15.9 Å². The van der Waals surface area contributed by atoms with E-state index < -0.39 is 4.92 Å². The van der Waals surface area contributed by atoms with Crippen molar-refractivity contribution in [3.8, 4) is 11.6 Å². The Morgan fingerprint density at radius 1 is 1.35 bits per heavy atom. The number of pyridine rings is 1. The maximum atomic E-state index is 11.0. The molecule has 0 saturated heterocycles. The van der Waals surface area contributed by atoms with Gasteiger partial charge in [0.1, 0.15) is 5.75 Å². The number of ether oxygens (including phenoxy) is 1. The molecule has 0 saturated carbocycles. The number of halogens is 1. The Balaban J connectivity index is 2.43. The van der Waals surface area contributed by atoms with Crippen LogP contribution in [0.2, 0.25) is 0 Å². The van der Waals surface area contributed by atoms with Crippen molar-refractivity contribution in [2.24, 2.45) is 0 Å². The number of hydrogen-bond donors (Lipinski definition) is 0. The van der Waals surface area contributed by atoms with E-state index in [0.717, 1.165) is 5.56 Å². The monoisotopic (exact) mass is 336 g/mol. The third kappa shape index (κ3) is 3.14. The summed E-state index contributed by atoms with van der Waals surface area (Å²) in [6, 6.07) is 8.82. The molecule has 0 amide bonds. The number of hydrogen-bond acceptors (Lipinski definition) is 4. The maximum absolute atomic E-state index is 11.0. The van der Waals surface area contributed by atoms with Crippen LogP contribution in [0.4, 0.5) is 5.69 Å². The number of nitro groups is 1. The van der Waals surface area contributed by atoms with Crippen LogP contribution < -0.4 is 4.74 Å². The van der Waals surface area contributed by atoms with Crippen molar-refractivity contribution in [2.75, 3.05) is 0 Å². The van der Waals surface area contributed by atoms with Crippen molar-refractivity contribution in [2.45, 2.75) is 19.8 Å². The van der Waals surface area contributed by atoms with Gasteiger partial charge in [-0.1, -0.05) is 32.0 Å². The number of rotatable bonds is 4. The molecule has 0 aliphatic carbocycles. The molecule has 0 spiro atoms. The minimum absolute atomic E-state index is 0.00806. The normalized spacial score (nSPS) is 10.6. The summed E-state index contributed by atoms with van der Waals surface area (Å²) >= 11 is 3.17. The summed E-state index contributed by atoms with van der Waals surface area (Å²) in [5.74, 6) is 0.826. The molecule has 2 rings (SSSR count). The zero-order chi connectivity index (χ0) is 14.7. The van der Waals surface area contributed by atoms with Crippen molar-refractivity contribution >= 4 is 21.6 Å². The molecule has 0 N–H and O–H groups in total. The van der Waals surface area contributed by atoms with E-state index in [9.17, 15) is 10.1 Å². The molecular formula is C14H13BrN2O3. The van der Waals surface area contributed by atoms with Crippen molar-refractivity contribution < 1.29 is 9.66 Å². The summed E-state index contributed by atoms with van der Waals surface area (Å²) in [5.41, 5.74) is 0.810. The van der Waals surface area contributed by atoms with E-state index in [1.54, 1.807) is 6.07 Å². The first-order chi connectivity index (χ1) is 9.49. The van der Waals surface area contributed by atoms with E-state index in [1.165, 1.54) is 12.3 Å². The van der Waals surface area contributed by atoms with Crippen LogP contribution in [0.25, 0.3) is 0 Å². The molecule has 0 aliphatic rings. The summed E-state index contributed by atoms with van der Waals surface area (Å²) in [4.78, 5) is 14.5. The van der Waals surface area contributed by atoms with Crippen LogP contribution in [-0.4, -0.2) is 9.91 Å². The second kappa shape index (κ2) is 6.00. The van der Waals surface area contributed by atoms with Crippen LogP contribution in [0.15, 0.2) is 41.0 Å². The Morgan fingerprint density at radius 3 is 2.70 bits per heavy atom. The highest BCUT2D eigenvalue weighted by molar-refractivity contribution is 9.10. The molecule has 5 nitrogen and oxygen atoms in total. The van der Waals surface area contributed by atoms with Crippen molar-refractivity contribution in [3.63, 3.8) is 0 Å². The van der Waals surface area contributed by atoms with E-state index in [4.69, 9.17) is 4.74 Å². The van der Waals surface area contributed by atoms with Crippen LogP contribution in [0, 0.1) is 10.1 Å². The summed E-state index contributed by atoms with van der Waals surface area (Å²) in [5, 5.41) is 11.0. The highest BCUT2D eigenvalue weighted by atomic mass is 79.9. The van der Waals surface area contributed by atoms with Gasteiger partial charge in [-0.2, -0.15) is 0 Å². The van der Waals surface area contributed by atoms with E-state index in [-0.39, 0.29) is 17.5 Å². The Morgan fingerprint density at radius 2 is 2.05 bits per heavy atom. The zero-order valence-corrected chi connectivity index (χ0v) is 12.6. The van der Waals surface area contributed by atoms with Crippen LogP contribution in [0.5, 0.6) is 11.6 Å². The van der Waals surface area contributed by atoms with Gasteiger partial charge in [-0.15, -0.1) is 0 Å². The van der Waals surface area contributed by atoms with Gasteiger partial charge >= 0.3 is 5.69 Å². The van der Waals surface area contributed by atoms with Crippen molar-refractivity contribution in [1.29, 1.82) is 0 Å². The highest BCUT2D eigenvalue weighted by Gasteiger charge is 2.19. The minimum atomic E-state index is -0.509. The molecule has 0 radical (unpaired) electrons. The molecule has 6 heteroatoms. The Bertz CT molecular complexity index is 644. The standard InChI is InChI=1S/C14H13BrN2O3/c1-9(2)11-5-3-4-6-13(11)20-14-12(17(18)19)7-10(15)8-16-14/h3-9H,1-2H3. The largest absolute Gasteiger partial charge is 0.433 e. The highest BCUT2D eigenvalue weighted by Crippen LogP contribution is 2.34. The summed E-state index contributed by atoms with van der Waals surface area (Å²) in [6.07, 6.45) is 1.47. The first kappa shape index (κ1) is 14.5. The first-order valence-corrected chi connectivity index (χ1v) is 6.85. The SMILES string of the molecule is CC(C)c1ccccc1Oc1ncc(Br)cc1[N+](=O)[O-]. The molecule has 2 aromatic rings. The van der Waals surface area contributed by atoms with Gasteiger partial charge in [-0.05, 0) is 33.5 Å². The average Bonchev–Trinajstić information content (AvgIpc) is 2.41. The quantitative estimate of drug-likeness (QED) is 0.601. The van der Waals surface area contributed by atoms with E-state index in [0.29, 0.717) is 10.2 Å².